The minimum atomic E-state index is 0. The first-order valence-corrected chi connectivity index (χ1v) is 12.9. The fourth-order valence-electron chi connectivity index (χ4n) is 5.54. The average molecular weight is 473 g/mol. The number of hydrogen-bond acceptors (Lipinski definition) is 3. The maximum atomic E-state index is 5.33. The second-order valence-corrected chi connectivity index (χ2v) is 12.3. The van der Waals surface area contributed by atoms with Crippen LogP contribution in [0.4, 0.5) is 5.69 Å². The van der Waals surface area contributed by atoms with E-state index in [0.717, 1.165) is 12.1 Å². The molecule has 3 rings (SSSR count). The summed E-state index contributed by atoms with van der Waals surface area (Å²) in [6.07, 6.45) is 8.85. The van der Waals surface area contributed by atoms with Gasteiger partial charge in [0.2, 0.25) is 0 Å². The summed E-state index contributed by atoms with van der Waals surface area (Å²) in [5, 5.41) is 3.89. The summed E-state index contributed by atoms with van der Waals surface area (Å²) in [5.41, 5.74) is 5.42. The van der Waals surface area contributed by atoms with Crippen molar-refractivity contribution in [2.75, 3.05) is 0 Å². The Kier molecular flexibility index (Phi) is 11.1. The second kappa shape index (κ2) is 12.4. The van der Waals surface area contributed by atoms with E-state index in [-0.39, 0.29) is 16.4 Å². The molecule has 0 spiro atoms. The minimum Gasteiger partial charge on any atom is -0.412 e. The zero-order chi connectivity index (χ0) is 23.5. The molecule has 1 saturated heterocycles. The molecule has 2 fully saturated rings. The third-order valence-corrected chi connectivity index (χ3v) is 7.65. The molecule has 2 aliphatic rings. The highest BCUT2D eigenvalue weighted by Crippen LogP contribution is 2.39. The molecule has 193 valence electrons. The van der Waals surface area contributed by atoms with Crippen molar-refractivity contribution < 1.29 is 11.0 Å². The Morgan fingerprint density at radius 1 is 0.794 bits per heavy atom. The van der Waals surface area contributed by atoms with Crippen molar-refractivity contribution in [1.29, 1.82) is 0 Å². The Balaban J connectivity index is 0.00000289. The maximum absolute atomic E-state index is 5.33. The molecule has 1 radical (unpaired) electrons. The van der Waals surface area contributed by atoms with Gasteiger partial charge in [0.15, 0.2) is 0 Å². The van der Waals surface area contributed by atoms with Gasteiger partial charge < -0.3 is 10.8 Å². The molecule has 1 aliphatic carbocycles. The lowest BCUT2D eigenvalue weighted by molar-refractivity contribution is 0.154. The molecule has 1 aromatic rings. The molecular weight excluding hydrogens is 422 g/mol. The van der Waals surface area contributed by atoms with Crippen LogP contribution in [-0.2, 0) is 5.41 Å². The van der Waals surface area contributed by atoms with E-state index in [1.54, 1.807) is 0 Å². The molecule has 5 nitrogen and oxygen atoms in total. The predicted octanol–water partition coefficient (Wildman–Crippen LogP) is 6.65. The van der Waals surface area contributed by atoms with Crippen molar-refractivity contribution in [3.05, 3.63) is 29.8 Å². The fraction of sp³-hybridized carbons (Fsp3) is 0.724. The summed E-state index contributed by atoms with van der Waals surface area (Å²) in [5.74, 6) is 0.699. The normalized spacial score (nSPS) is 26.9. The maximum Gasteiger partial charge on any atom is 0.0629 e. The third-order valence-electron chi connectivity index (χ3n) is 7.65. The molecule has 1 heterocycles. The van der Waals surface area contributed by atoms with Crippen molar-refractivity contribution in [2.24, 2.45) is 21.3 Å². The summed E-state index contributed by atoms with van der Waals surface area (Å²) < 4.78 is 0. The first kappa shape index (κ1) is 30.5. The van der Waals surface area contributed by atoms with E-state index >= 15 is 0 Å². The number of hydrogen-bond donors (Lipinski definition) is 2. The number of nitrogens with one attached hydrogen (secondary N) is 1. The Morgan fingerprint density at radius 3 is 1.91 bits per heavy atom. The lowest BCUT2D eigenvalue weighted by Crippen LogP contribution is -2.49. The van der Waals surface area contributed by atoms with E-state index in [9.17, 15) is 0 Å². The van der Waals surface area contributed by atoms with Gasteiger partial charge in [0.1, 0.15) is 0 Å². The molecule has 0 bridgehead atoms. The number of rotatable bonds is 4. The molecule has 4 N–H and O–H groups in total. The summed E-state index contributed by atoms with van der Waals surface area (Å²) in [6.45, 7) is 18.4. The Hall–Kier alpha value is -1.56. The first-order valence-electron chi connectivity index (χ1n) is 12.9. The SMILES string of the molecule is CC(=Nc1ccc(C(C)(C)C)cc1)C1CCCC(C(C)=NC2CCCCC2C(C)(C)C)N1.O.[OH]. The number of nitrogens with zero attached hydrogens (tertiary/aromatic N) is 2. The van der Waals surface area contributed by atoms with Gasteiger partial charge >= 0.3 is 0 Å². The molecule has 0 aromatic heterocycles. The zero-order valence-electron chi connectivity index (χ0n) is 22.9. The highest BCUT2D eigenvalue weighted by atomic mass is 16.0. The topological polar surface area (TPSA) is 98.2 Å². The molecule has 4 atom stereocenters. The highest BCUT2D eigenvalue weighted by molar-refractivity contribution is 5.92. The van der Waals surface area contributed by atoms with E-state index < -0.39 is 0 Å². The van der Waals surface area contributed by atoms with Gasteiger partial charge in [-0.05, 0) is 80.4 Å². The lowest BCUT2D eigenvalue weighted by atomic mass is 9.69. The number of aliphatic imine (C=N–C) groups is 2. The first-order chi connectivity index (χ1) is 14.9. The van der Waals surface area contributed by atoms with Gasteiger partial charge in [0.25, 0.3) is 0 Å². The van der Waals surface area contributed by atoms with E-state index in [0.29, 0.717) is 29.5 Å². The van der Waals surface area contributed by atoms with E-state index in [2.05, 4.69) is 85.0 Å². The van der Waals surface area contributed by atoms with Crippen molar-refractivity contribution in [2.45, 2.75) is 124 Å². The summed E-state index contributed by atoms with van der Waals surface area (Å²) >= 11 is 0. The van der Waals surface area contributed by atoms with Crippen LogP contribution in [-0.4, -0.2) is 40.5 Å². The van der Waals surface area contributed by atoms with Crippen LogP contribution in [0.5, 0.6) is 0 Å². The molecule has 1 aliphatic heterocycles. The van der Waals surface area contributed by atoms with Crippen LogP contribution in [0.25, 0.3) is 0 Å². The lowest BCUT2D eigenvalue weighted by Gasteiger charge is -2.39. The van der Waals surface area contributed by atoms with E-state index in [1.165, 1.54) is 55.5 Å². The van der Waals surface area contributed by atoms with Gasteiger partial charge in [-0.15, -0.1) is 0 Å². The van der Waals surface area contributed by atoms with Crippen LogP contribution in [0.15, 0.2) is 34.3 Å². The van der Waals surface area contributed by atoms with Crippen LogP contribution in [0.2, 0.25) is 0 Å². The quantitative estimate of drug-likeness (QED) is 0.471. The fourth-order valence-corrected chi connectivity index (χ4v) is 5.54. The Bertz CT molecular complexity index is 815. The molecule has 1 aromatic carbocycles. The number of piperidine rings is 1. The Morgan fingerprint density at radius 2 is 1.35 bits per heavy atom. The molecule has 0 amide bonds. The van der Waals surface area contributed by atoms with Crippen LogP contribution in [0.3, 0.4) is 0 Å². The monoisotopic (exact) mass is 472 g/mol. The van der Waals surface area contributed by atoms with Crippen molar-refractivity contribution >= 4 is 17.1 Å². The van der Waals surface area contributed by atoms with Gasteiger partial charge in [-0.2, -0.15) is 0 Å². The standard InChI is InChI=1S/C29H47N3.H2O.HO/c1-20(30-23-18-16-22(17-19-23)28(3,4)5)25-14-11-15-26(32-25)21(2)31-27-13-10-9-12-24(27)29(6,7)8;;/h16-19,24-27,32H,9-15H2,1-8H3;1H2;1H. The predicted molar refractivity (Wildman–Crippen MR) is 146 cm³/mol. The molecule has 4 unspecified atom stereocenters. The number of benzene rings is 1. The Labute approximate surface area is 208 Å². The van der Waals surface area contributed by atoms with Gasteiger partial charge in [-0.1, -0.05) is 66.5 Å². The van der Waals surface area contributed by atoms with Crippen molar-refractivity contribution in [3.8, 4) is 0 Å². The van der Waals surface area contributed by atoms with Crippen LogP contribution in [0, 0.1) is 11.3 Å². The summed E-state index contributed by atoms with van der Waals surface area (Å²) in [7, 11) is 0. The third kappa shape index (κ3) is 8.00. The van der Waals surface area contributed by atoms with Gasteiger partial charge in [-0.25, -0.2) is 0 Å². The van der Waals surface area contributed by atoms with Crippen LogP contribution in [0.1, 0.15) is 106 Å². The summed E-state index contributed by atoms with van der Waals surface area (Å²) in [4.78, 5) is 10.3. The van der Waals surface area contributed by atoms with E-state index in [4.69, 9.17) is 9.98 Å². The van der Waals surface area contributed by atoms with Crippen LogP contribution < -0.4 is 5.32 Å². The zero-order valence-corrected chi connectivity index (χ0v) is 22.9. The van der Waals surface area contributed by atoms with E-state index in [1.807, 2.05) is 0 Å². The van der Waals surface area contributed by atoms with Gasteiger partial charge in [0.05, 0.1) is 11.7 Å². The summed E-state index contributed by atoms with van der Waals surface area (Å²) in [6, 6.07) is 9.96. The van der Waals surface area contributed by atoms with Crippen molar-refractivity contribution in [3.63, 3.8) is 0 Å². The van der Waals surface area contributed by atoms with Gasteiger partial charge in [0, 0.05) is 23.5 Å². The molecule has 34 heavy (non-hydrogen) atoms. The smallest absolute Gasteiger partial charge is 0.0629 e. The second-order valence-electron chi connectivity index (χ2n) is 12.3. The van der Waals surface area contributed by atoms with Crippen LogP contribution >= 0.6 is 0 Å². The minimum absolute atomic E-state index is 0. The molecular formula is C29H50N3O2. The van der Waals surface area contributed by atoms with Gasteiger partial charge in [-0.3, -0.25) is 15.5 Å². The highest BCUT2D eigenvalue weighted by Gasteiger charge is 2.34. The average Bonchev–Trinajstić information content (AvgIpc) is 2.73. The molecule has 1 saturated carbocycles. The molecule has 5 heteroatoms. The van der Waals surface area contributed by atoms with Crippen molar-refractivity contribution in [1.82, 2.24) is 5.32 Å². The largest absolute Gasteiger partial charge is 0.412 e.